The zero-order valence-electron chi connectivity index (χ0n) is 20.0. The summed E-state index contributed by atoms with van der Waals surface area (Å²) in [5.41, 5.74) is 0.919. The summed E-state index contributed by atoms with van der Waals surface area (Å²) in [7, 11) is 2.94. The molecule has 33 heavy (non-hydrogen) atoms. The van der Waals surface area contributed by atoms with E-state index < -0.39 is 11.5 Å². The van der Waals surface area contributed by atoms with Gasteiger partial charge in [-0.3, -0.25) is 9.63 Å². The summed E-state index contributed by atoms with van der Waals surface area (Å²) in [6, 6.07) is 17.8. The SMILES string of the molecule is COC(=O)C1(N(OCc2ccccc2OC)C(C)=O)CCN(CC(C)c2ccccc2)CC1. The van der Waals surface area contributed by atoms with Crippen molar-refractivity contribution in [2.45, 2.75) is 44.8 Å². The summed E-state index contributed by atoms with van der Waals surface area (Å²) in [5.74, 6) is 0.246. The average Bonchev–Trinajstić information content (AvgIpc) is 2.85. The second-order valence-corrected chi connectivity index (χ2v) is 8.53. The van der Waals surface area contributed by atoms with Crippen molar-refractivity contribution in [1.29, 1.82) is 0 Å². The predicted octanol–water partition coefficient (Wildman–Crippen LogP) is 3.79. The van der Waals surface area contributed by atoms with E-state index in [0.29, 0.717) is 37.6 Å². The molecule has 0 aromatic heterocycles. The number of carbonyl (C=O) groups is 2. The highest BCUT2D eigenvalue weighted by Crippen LogP contribution is 2.33. The van der Waals surface area contributed by atoms with Gasteiger partial charge in [0.05, 0.1) is 14.2 Å². The lowest BCUT2D eigenvalue weighted by molar-refractivity contribution is -0.240. The van der Waals surface area contributed by atoms with E-state index in [1.54, 1.807) is 7.11 Å². The van der Waals surface area contributed by atoms with Crippen molar-refractivity contribution in [2.24, 2.45) is 0 Å². The molecule has 0 saturated carbocycles. The molecule has 1 unspecified atom stereocenters. The number of hydrogen-bond acceptors (Lipinski definition) is 6. The summed E-state index contributed by atoms with van der Waals surface area (Å²) in [6.07, 6.45) is 0.874. The quantitative estimate of drug-likeness (QED) is 0.424. The van der Waals surface area contributed by atoms with Crippen LogP contribution in [0.1, 0.15) is 43.7 Å². The van der Waals surface area contributed by atoms with E-state index >= 15 is 0 Å². The Balaban J connectivity index is 1.73. The molecule has 0 bridgehead atoms. The van der Waals surface area contributed by atoms with E-state index in [4.69, 9.17) is 14.3 Å². The fraction of sp³-hybridized carbons (Fsp3) is 0.462. The van der Waals surface area contributed by atoms with Crippen LogP contribution in [0.5, 0.6) is 5.75 Å². The third kappa shape index (κ3) is 5.72. The van der Waals surface area contributed by atoms with E-state index in [1.807, 2.05) is 42.5 Å². The monoisotopic (exact) mass is 454 g/mol. The molecule has 1 amide bonds. The first kappa shape index (κ1) is 24.7. The Morgan fingerprint density at radius 3 is 2.27 bits per heavy atom. The van der Waals surface area contributed by atoms with E-state index in [0.717, 1.165) is 12.1 Å². The first-order valence-corrected chi connectivity index (χ1v) is 11.3. The second-order valence-electron chi connectivity index (χ2n) is 8.53. The lowest BCUT2D eigenvalue weighted by atomic mass is 9.86. The van der Waals surface area contributed by atoms with Gasteiger partial charge in [0.1, 0.15) is 12.4 Å². The standard InChI is InChI=1S/C26H34N2O5/c1-20(22-10-6-5-7-11-22)18-27-16-14-26(15-17-27,25(30)32-4)28(21(2)29)33-19-23-12-8-9-13-24(23)31-3/h5-13,20H,14-19H2,1-4H3. The van der Waals surface area contributed by atoms with Gasteiger partial charge in [0.2, 0.25) is 5.91 Å². The highest BCUT2D eigenvalue weighted by molar-refractivity contribution is 5.86. The zero-order valence-corrected chi connectivity index (χ0v) is 20.0. The minimum atomic E-state index is -1.16. The highest BCUT2D eigenvalue weighted by Gasteiger charge is 2.50. The maximum Gasteiger partial charge on any atom is 0.334 e. The van der Waals surface area contributed by atoms with E-state index in [9.17, 15) is 9.59 Å². The molecule has 1 heterocycles. The predicted molar refractivity (Wildman–Crippen MR) is 126 cm³/mol. The smallest absolute Gasteiger partial charge is 0.334 e. The Kier molecular flexibility index (Phi) is 8.47. The lowest BCUT2D eigenvalue weighted by Gasteiger charge is -2.45. The summed E-state index contributed by atoms with van der Waals surface area (Å²) in [4.78, 5) is 33.9. The van der Waals surface area contributed by atoms with Gasteiger partial charge in [-0.05, 0) is 30.4 Å². The van der Waals surface area contributed by atoms with Crippen LogP contribution in [0.3, 0.4) is 0 Å². The van der Waals surface area contributed by atoms with Crippen LogP contribution in [0.25, 0.3) is 0 Å². The van der Waals surface area contributed by atoms with Gasteiger partial charge in [-0.2, -0.15) is 0 Å². The number of piperidine rings is 1. The van der Waals surface area contributed by atoms with Crippen LogP contribution < -0.4 is 4.74 Å². The van der Waals surface area contributed by atoms with Crippen molar-refractivity contribution in [2.75, 3.05) is 33.9 Å². The fourth-order valence-electron chi connectivity index (χ4n) is 4.53. The topological polar surface area (TPSA) is 68.3 Å². The minimum Gasteiger partial charge on any atom is -0.496 e. The molecule has 178 valence electrons. The van der Waals surface area contributed by atoms with Gasteiger partial charge in [-0.15, -0.1) is 0 Å². The number of rotatable bonds is 9. The Bertz CT molecular complexity index is 925. The van der Waals surface area contributed by atoms with Crippen molar-refractivity contribution >= 4 is 11.9 Å². The molecule has 7 nitrogen and oxygen atoms in total. The molecule has 3 rings (SSSR count). The maximum atomic E-state index is 13.0. The number of likely N-dealkylation sites (tertiary alicyclic amines) is 1. The first-order valence-electron chi connectivity index (χ1n) is 11.3. The molecule has 1 aliphatic heterocycles. The molecule has 1 fully saturated rings. The van der Waals surface area contributed by atoms with Crippen LogP contribution in [0.2, 0.25) is 0 Å². The van der Waals surface area contributed by atoms with Gasteiger partial charge in [0, 0.05) is 32.1 Å². The van der Waals surface area contributed by atoms with Crippen LogP contribution in [-0.2, 0) is 25.8 Å². The Morgan fingerprint density at radius 2 is 1.67 bits per heavy atom. The molecule has 1 aliphatic rings. The molecule has 0 N–H and O–H groups in total. The second kappa shape index (κ2) is 11.3. The number of carbonyl (C=O) groups excluding carboxylic acids is 2. The molecule has 2 aromatic rings. The molecule has 0 aliphatic carbocycles. The van der Waals surface area contributed by atoms with E-state index in [1.165, 1.54) is 24.7 Å². The molecule has 0 radical (unpaired) electrons. The van der Waals surface area contributed by atoms with E-state index in [-0.39, 0.29) is 12.5 Å². The van der Waals surface area contributed by atoms with Crippen LogP contribution in [0.15, 0.2) is 54.6 Å². The molecule has 1 atom stereocenters. The number of hydrogen-bond donors (Lipinski definition) is 0. The van der Waals surface area contributed by atoms with Crippen LogP contribution >= 0.6 is 0 Å². The van der Waals surface area contributed by atoms with Gasteiger partial charge in [-0.1, -0.05) is 55.5 Å². The lowest BCUT2D eigenvalue weighted by Crippen LogP contribution is -2.61. The summed E-state index contributed by atoms with van der Waals surface area (Å²) in [6.45, 7) is 5.93. The molecule has 7 heteroatoms. The van der Waals surface area contributed by atoms with Gasteiger partial charge in [0.25, 0.3) is 0 Å². The average molecular weight is 455 g/mol. The third-order valence-electron chi connectivity index (χ3n) is 6.37. The Labute approximate surface area is 196 Å². The fourth-order valence-corrected chi connectivity index (χ4v) is 4.53. The van der Waals surface area contributed by atoms with Crippen molar-refractivity contribution in [3.8, 4) is 5.75 Å². The van der Waals surface area contributed by atoms with Gasteiger partial charge < -0.3 is 14.4 Å². The van der Waals surface area contributed by atoms with Crippen molar-refractivity contribution in [3.05, 3.63) is 65.7 Å². The third-order valence-corrected chi connectivity index (χ3v) is 6.37. The summed E-state index contributed by atoms with van der Waals surface area (Å²) in [5, 5.41) is 1.23. The molecule has 0 spiro atoms. The number of esters is 1. The van der Waals surface area contributed by atoms with Crippen molar-refractivity contribution in [3.63, 3.8) is 0 Å². The van der Waals surface area contributed by atoms with Crippen LogP contribution in [0.4, 0.5) is 0 Å². The molecular formula is C26H34N2O5. The van der Waals surface area contributed by atoms with Crippen LogP contribution in [0, 0.1) is 0 Å². The number of amides is 1. The number of nitrogens with zero attached hydrogens (tertiary/aromatic N) is 2. The zero-order chi connectivity index (χ0) is 23.8. The number of methoxy groups -OCH3 is 2. The normalized spacial score (nSPS) is 16.6. The number of para-hydroxylation sites is 1. The largest absolute Gasteiger partial charge is 0.496 e. The van der Waals surface area contributed by atoms with Gasteiger partial charge >= 0.3 is 5.97 Å². The maximum absolute atomic E-state index is 13.0. The Morgan fingerprint density at radius 1 is 1.03 bits per heavy atom. The molecule has 1 saturated heterocycles. The summed E-state index contributed by atoms with van der Waals surface area (Å²) < 4.78 is 10.5. The minimum absolute atomic E-state index is 0.108. The summed E-state index contributed by atoms with van der Waals surface area (Å²) >= 11 is 0. The molecule has 2 aromatic carbocycles. The van der Waals surface area contributed by atoms with Gasteiger partial charge in [-0.25, -0.2) is 9.86 Å². The first-order chi connectivity index (χ1) is 15.9. The van der Waals surface area contributed by atoms with Crippen molar-refractivity contribution in [1.82, 2.24) is 9.96 Å². The Hall–Kier alpha value is -2.90. The van der Waals surface area contributed by atoms with Crippen LogP contribution in [-0.4, -0.2) is 61.2 Å². The number of benzene rings is 2. The van der Waals surface area contributed by atoms with Gasteiger partial charge in [0.15, 0.2) is 5.54 Å². The number of hydroxylamine groups is 2. The molecular weight excluding hydrogens is 420 g/mol. The highest BCUT2D eigenvalue weighted by atomic mass is 16.7. The van der Waals surface area contributed by atoms with Crippen molar-refractivity contribution < 1.29 is 23.9 Å². The number of ether oxygens (including phenoxy) is 2. The van der Waals surface area contributed by atoms with E-state index in [2.05, 4.69) is 24.0 Å².